The van der Waals surface area contributed by atoms with Gasteiger partial charge in [-0.2, -0.15) is 0 Å². The van der Waals surface area contributed by atoms with Crippen molar-refractivity contribution in [2.24, 2.45) is 0 Å². The van der Waals surface area contributed by atoms with Crippen LogP contribution in [0.25, 0.3) is 0 Å². The zero-order valence-corrected chi connectivity index (χ0v) is 14.9. The highest BCUT2D eigenvalue weighted by atomic mass is 16.5. The predicted molar refractivity (Wildman–Crippen MR) is 98.7 cm³/mol. The van der Waals surface area contributed by atoms with Gasteiger partial charge in [0.2, 0.25) is 5.91 Å². The number of ether oxygens (including phenoxy) is 1. The van der Waals surface area contributed by atoms with E-state index in [-0.39, 0.29) is 17.9 Å². The number of pyridine rings is 1. The lowest BCUT2D eigenvalue weighted by atomic mass is 10.1. The Morgan fingerprint density at radius 3 is 2.88 bits per heavy atom. The summed E-state index contributed by atoms with van der Waals surface area (Å²) in [4.78, 5) is 30.3. The van der Waals surface area contributed by atoms with Crippen molar-refractivity contribution < 1.29 is 14.3 Å². The number of aromatic nitrogens is 1. The van der Waals surface area contributed by atoms with Gasteiger partial charge in [-0.1, -0.05) is 12.1 Å². The number of anilines is 1. The van der Waals surface area contributed by atoms with E-state index in [1.54, 1.807) is 41.6 Å². The van der Waals surface area contributed by atoms with Gasteiger partial charge >= 0.3 is 0 Å². The van der Waals surface area contributed by atoms with Gasteiger partial charge in [-0.15, -0.1) is 0 Å². The Morgan fingerprint density at radius 1 is 1.31 bits per heavy atom. The molecule has 0 saturated carbocycles. The normalized spacial score (nSPS) is 16.3. The van der Waals surface area contributed by atoms with E-state index in [0.717, 1.165) is 25.0 Å². The van der Waals surface area contributed by atoms with Gasteiger partial charge in [-0.25, -0.2) is 0 Å². The summed E-state index contributed by atoms with van der Waals surface area (Å²) in [5.74, 6) is -0.252. The second kappa shape index (κ2) is 8.58. The summed E-state index contributed by atoms with van der Waals surface area (Å²) in [6.07, 6.45) is 5.53. The summed E-state index contributed by atoms with van der Waals surface area (Å²) in [5.41, 5.74) is 2.12. The van der Waals surface area contributed by atoms with E-state index < -0.39 is 0 Å². The highest BCUT2D eigenvalue weighted by Crippen LogP contribution is 2.19. The third-order valence-electron chi connectivity index (χ3n) is 4.26. The molecular formula is C20H23N3O3. The average molecular weight is 353 g/mol. The minimum Gasteiger partial charge on any atom is -0.376 e. The van der Waals surface area contributed by atoms with Crippen LogP contribution in [-0.2, 0) is 16.1 Å². The van der Waals surface area contributed by atoms with Crippen molar-refractivity contribution in [3.8, 4) is 0 Å². The average Bonchev–Trinajstić information content (AvgIpc) is 3.14. The van der Waals surface area contributed by atoms with Gasteiger partial charge in [0.25, 0.3) is 5.91 Å². The Bertz CT molecular complexity index is 758. The molecule has 6 heteroatoms. The summed E-state index contributed by atoms with van der Waals surface area (Å²) < 4.78 is 5.72. The van der Waals surface area contributed by atoms with Crippen LogP contribution in [-0.4, -0.2) is 41.0 Å². The van der Waals surface area contributed by atoms with Crippen LogP contribution in [0.3, 0.4) is 0 Å². The van der Waals surface area contributed by atoms with Crippen molar-refractivity contribution in [2.75, 3.05) is 18.5 Å². The Kier molecular flexibility index (Phi) is 5.96. The molecule has 1 fully saturated rings. The molecule has 2 aromatic rings. The maximum Gasteiger partial charge on any atom is 0.254 e. The standard InChI is InChI=1S/C20H23N3O3/c1-15(24)22-18-7-2-6-17(11-18)20(25)23(14-19-8-4-10-26-19)13-16-5-3-9-21-12-16/h2-3,5-7,9,11-12,19H,4,8,10,13-14H2,1H3,(H,22,24). The number of hydrogen-bond donors (Lipinski definition) is 1. The van der Waals surface area contributed by atoms with E-state index in [1.807, 2.05) is 12.1 Å². The number of benzene rings is 1. The first-order valence-corrected chi connectivity index (χ1v) is 8.79. The molecule has 136 valence electrons. The van der Waals surface area contributed by atoms with Crippen LogP contribution in [0.2, 0.25) is 0 Å². The van der Waals surface area contributed by atoms with Crippen LogP contribution >= 0.6 is 0 Å². The molecular weight excluding hydrogens is 330 g/mol. The molecule has 1 aliphatic heterocycles. The van der Waals surface area contributed by atoms with Crippen LogP contribution < -0.4 is 5.32 Å². The SMILES string of the molecule is CC(=O)Nc1cccc(C(=O)N(Cc2cccnc2)CC2CCCO2)c1. The lowest BCUT2D eigenvalue weighted by Gasteiger charge is -2.26. The number of nitrogens with one attached hydrogen (secondary N) is 1. The summed E-state index contributed by atoms with van der Waals surface area (Å²) in [5, 5.41) is 2.72. The summed E-state index contributed by atoms with van der Waals surface area (Å²) in [6, 6.07) is 10.8. The molecule has 6 nitrogen and oxygen atoms in total. The number of hydrogen-bond acceptors (Lipinski definition) is 4. The van der Waals surface area contributed by atoms with Crippen molar-refractivity contribution in [3.05, 3.63) is 59.9 Å². The van der Waals surface area contributed by atoms with Crippen LogP contribution in [0, 0.1) is 0 Å². The number of amides is 2. The summed E-state index contributed by atoms with van der Waals surface area (Å²) in [7, 11) is 0. The molecule has 0 aliphatic carbocycles. The van der Waals surface area contributed by atoms with E-state index >= 15 is 0 Å². The van der Waals surface area contributed by atoms with Crippen molar-refractivity contribution in [1.29, 1.82) is 0 Å². The molecule has 26 heavy (non-hydrogen) atoms. The van der Waals surface area contributed by atoms with Crippen molar-refractivity contribution in [3.63, 3.8) is 0 Å². The van der Waals surface area contributed by atoms with E-state index in [9.17, 15) is 9.59 Å². The van der Waals surface area contributed by atoms with Gasteiger partial charge < -0.3 is 15.0 Å². The Balaban J connectivity index is 1.80. The van der Waals surface area contributed by atoms with Crippen LogP contribution in [0.4, 0.5) is 5.69 Å². The fourth-order valence-corrected chi connectivity index (χ4v) is 3.08. The van der Waals surface area contributed by atoms with E-state index in [2.05, 4.69) is 10.3 Å². The molecule has 2 amide bonds. The lowest BCUT2D eigenvalue weighted by molar-refractivity contribution is -0.114. The van der Waals surface area contributed by atoms with E-state index in [4.69, 9.17) is 4.74 Å². The number of nitrogens with zero attached hydrogens (tertiary/aromatic N) is 2. The summed E-state index contributed by atoms with van der Waals surface area (Å²) >= 11 is 0. The van der Waals surface area contributed by atoms with E-state index in [1.165, 1.54) is 6.92 Å². The van der Waals surface area contributed by atoms with Crippen molar-refractivity contribution in [2.45, 2.75) is 32.4 Å². The minimum atomic E-state index is -0.166. The Hall–Kier alpha value is -2.73. The van der Waals surface area contributed by atoms with Gasteiger partial charge in [0.1, 0.15) is 0 Å². The van der Waals surface area contributed by atoms with Gasteiger partial charge in [-0.05, 0) is 42.7 Å². The first kappa shape index (κ1) is 18.1. The van der Waals surface area contributed by atoms with Crippen LogP contribution in [0.15, 0.2) is 48.8 Å². The van der Waals surface area contributed by atoms with Gasteiger partial charge in [0.05, 0.1) is 6.10 Å². The fraction of sp³-hybridized carbons (Fsp3) is 0.350. The lowest BCUT2D eigenvalue weighted by Crippen LogP contribution is -2.37. The molecule has 1 unspecified atom stereocenters. The fourth-order valence-electron chi connectivity index (χ4n) is 3.08. The van der Waals surface area contributed by atoms with Gasteiger partial charge in [0, 0.05) is 50.3 Å². The third-order valence-corrected chi connectivity index (χ3v) is 4.26. The van der Waals surface area contributed by atoms with Crippen molar-refractivity contribution in [1.82, 2.24) is 9.88 Å². The molecule has 0 spiro atoms. The molecule has 1 aromatic carbocycles. The molecule has 2 heterocycles. The van der Waals surface area contributed by atoms with Crippen molar-refractivity contribution >= 4 is 17.5 Å². The molecule has 3 rings (SSSR count). The zero-order valence-electron chi connectivity index (χ0n) is 14.9. The van der Waals surface area contributed by atoms with Gasteiger partial charge in [0.15, 0.2) is 0 Å². The quantitative estimate of drug-likeness (QED) is 0.867. The monoisotopic (exact) mass is 353 g/mol. The number of rotatable bonds is 6. The molecule has 1 N–H and O–H groups in total. The molecule has 1 saturated heterocycles. The number of carbonyl (C=O) groups is 2. The highest BCUT2D eigenvalue weighted by Gasteiger charge is 2.24. The molecule has 0 radical (unpaired) electrons. The van der Waals surface area contributed by atoms with E-state index in [0.29, 0.717) is 24.3 Å². The predicted octanol–water partition coefficient (Wildman–Crippen LogP) is 2.86. The molecule has 0 bridgehead atoms. The second-order valence-electron chi connectivity index (χ2n) is 6.44. The highest BCUT2D eigenvalue weighted by molar-refractivity contribution is 5.96. The minimum absolute atomic E-state index is 0.0640. The third kappa shape index (κ3) is 4.89. The number of carbonyl (C=O) groups excluding carboxylic acids is 2. The smallest absolute Gasteiger partial charge is 0.254 e. The Labute approximate surface area is 153 Å². The Morgan fingerprint density at radius 2 is 2.19 bits per heavy atom. The molecule has 1 aliphatic rings. The molecule has 1 atom stereocenters. The van der Waals surface area contributed by atoms with Crippen LogP contribution in [0.5, 0.6) is 0 Å². The topological polar surface area (TPSA) is 71.5 Å². The molecule has 1 aromatic heterocycles. The summed E-state index contributed by atoms with van der Waals surface area (Å²) in [6.45, 7) is 3.20. The first-order valence-electron chi connectivity index (χ1n) is 8.79. The second-order valence-corrected chi connectivity index (χ2v) is 6.44. The zero-order chi connectivity index (χ0) is 18.4. The maximum absolute atomic E-state index is 13.1. The van der Waals surface area contributed by atoms with Gasteiger partial charge in [-0.3, -0.25) is 14.6 Å². The maximum atomic E-state index is 13.1. The van der Waals surface area contributed by atoms with Crippen LogP contribution in [0.1, 0.15) is 35.7 Å². The first-order chi connectivity index (χ1) is 12.6. The largest absolute Gasteiger partial charge is 0.376 e.